The smallest absolute Gasteiger partial charge is 0.159 e. The maximum absolute atomic E-state index is 6.77. The van der Waals surface area contributed by atoms with Crippen LogP contribution in [0.4, 0.5) is 0 Å². The molecule has 0 atom stereocenters. The number of hydrogen-bond donors (Lipinski definition) is 0. The van der Waals surface area contributed by atoms with Crippen molar-refractivity contribution in [2.75, 3.05) is 26.4 Å². The first-order chi connectivity index (χ1) is 41.9. The van der Waals surface area contributed by atoms with Crippen molar-refractivity contribution >= 4 is 0 Å². The number of nitrogens with zero attached hydrogens (tertiary/aromatic N) is 8. The normalized spacial score (nSPS) is 11.4. The second-order valence-electron chi connectivity index (χ2n) is 23.1. The largest absolute Gasteiger partial charge is 0.493 e. The van der Waals surface area contributed by atoms with E-state index in [-0.39, 0.29) is 26.4 Å². The van der Waals surface area contributed by atoms with E-state index in [9.17, 15) is 0 Å². The second-order valence-corrected chi connectivity index (χ2v) is 23.1. The fourth-order valence-corrected chi connectivity index (χ4v) is 10.3. The van der Waals surface area contributed by atoms with Gasteiger partial charge in [-0.2, -0.15) is 0 Å². The Bertz CT molecular complexity index is 2640. The van der Waals surface area contributed by atoms with Crippen LogP contribution >= 0.6 is 0 Å². The van der Waals surface area contributed by atoms with Gasteiger partial charge in [-0.3, -0.25) is 0 Å². The zero-order valence-corrected chi connectivity index (χ0v) is 51.4. The van der Waals surface area contributed by atoms with E-state index < -0.39 is 5.41 Å². The average Bonchev–Trinajstić information content (AvgIpc) is 3.65. The molecule has 0 aliphatic carbocycles. The van der Waals surface area contributed by atoms with Gasteiger partial charge in [0.1, 0.15) is 54.8 Å². The molecule has 4 heterocycles. The molecule has 0 saturated heterocycles. The highest BCUT2D eigenvalue weighted by atomic mass is 16.5. The van der Waals surface area contributed by atoms with Crippen LogP contribution in [0.1, 0.15) is 178 Å². The summed E-state index contributed by atoms with van der Waals surface area (Å²) < 4.78 is 27.1. The summed E-state index contributed by atoms with van der Waals surface area (Å²) in [6.45, 7) is 9.76. The van der Waals surface area contributed by atoms with E-state index >= 15 is 0 Å². The molecule has 4 aromatic carbocycles. The molecule has 0 fully saturated rings. The van der Waals surface area contributed by atoms with Crippen LogP contribution < -0.4 is 18.9 Å². The molecule has 0 spiro atoms. The molecule has 4 aromatic heterocycles. The Labute approximate surface area is 507 Å². The Morgan fingerprint density at radius 2 is 0.435 bits per heavy atom. The quantitative estimate of drug-likeness (QED) is 0.0338. The molecule has 8 aromatic rings. The van der Waals surface area contributed by atoms with E-state index in [1.165, 1.54) is 125 Å². The van der Waals surface area contributed by atoms with Crippen molar-refractivity contribution in [3.8, 4) is 68.5 Å². The van der Waals surface area contributed by atoms with Gasteiger partial charge in [-0.1, -0.05) is 130 Å². The van der Waals surface area contributed by atoms with Crippen molar-refractivity contribution in [2.24, 2.45) is 5.41 Å². The summed E-state index contributed by atoms with van der Waals surface area (Å²) in [5.74, 6) is 5.45. The number of benzene rings is 4. The van der Waals surface area contributed by atoms with Crippen molar-refractivity contribution in [3.63, 3.8) is 0 Å². The van der Waals surface area contributed by atoms with Gasteiger partial charge in [0, 0.05) is 71.8 Å². The minimum atomic E-state index is -0.857. The molecular formula is C73H92N8O4. The molecule has 0 bridgehead atoms. The van der Waals surface area contributed by atoms with Gasteiger partial charge in [0.25, 0.3) is 0 Å². The van der Waals surface area contributed by atoms with Gasteiger partial charge >= 0.3 is 0 Å². The predicted octanol–water partition coefficient (Wildman–Crippen LogP) is 18.2. The Hall–Kier alpha value is -7.60. The number of unbranched alkanes of at least 4 members (excludes halogenated alkanes) is 16. The van der Waals surface area contributed by atoms with Crippen LogP contribution in [0.3, 0.4) is 0 Å². The summed E-state index contributed by atoms with van der Waals surface area (Å²) in [5, 5.41) is 0. The zero-order chi connectivity index (χ0) is 59.0. The van der Waals surface area contributed by atoms with Gasteiger partial charge in [0.2, 0.25) is 0 Å². The summed E-state index contributed by atoms with van der Waals surface area (Å²) >= 11 is 0. The van der Waals surface area contributed by atoms with Crippen LogP contribution in [0.2, 0.25) is 0 Å². The Morgan fingerprint density at radius 3 is 0.624 bits per heavy atom. The SMILES string of the molecule is CCCCCCCc1cnc(-c2ccc(OCC(COc3ccc(-c4ncc(CCCCCCC)cn4)cc3)(COc3ccc(-c4ncc(CCCCCCC)cn4)cc3)COc3ccc(-c4ncc(CCCCCCC)cn4)cc3)cc2)nc1. The molecule has 12 nitrogen and oxygen atoms in total. The van der Waals surface area contributed by atoms with E-state index in [4.69, 9.17) is 58.8 Å². The summed E-state index contributed by atoms with van der Waals surface area (Å²) in [5.41, 5.74) is 7.45. The molecule has 0 aliphatic heterocycles. The molecular weight excluding hydrogens is 1050 g/mol. The highest BCUT2D eigenvalue weighted by Gasteiger charge is 2.36. The number of hydrogen-bond acceptors (Lipinski definition) is 12. The van der Waals surface area contributed by atoms with Gasteiger partial charge in [-0.05, 0) is 171 Å². The maximum atomic E-state index is 6.77. The molecule has 85 heavy (non-hydrogen) atoms. The lowest BCUT2D eigenvalue weighted by Gasteiger charge is -2.33. The summed E-state index contributed by atoms with van der Waals surface area (Å²) in [4.78, 5) is 38.0. The van der Waals surface area contributed by atoms with Crippen LogP contribution in [0.15, 0.2) is 147 Å². The van der Waals surface area contributed by atoms with Gasteiger partial charge in [-0.15, -0.1) is 0 Å². The number of ether oxygens (including phenoxy) is 4. The monoisotopic (exact) mass is 1140 g/mol. The van der Waals surface area contributed by atoms with Crippen molar-refractivity contribution in [3.05, 3.63) is 169 Å². The molecule has 0 aliphatic rings. The molecule has 0 saturated carbocycles. The van der Waals surface area contributed by atoms with E-state index in [2.05, 4.69) is 27.7 Å². The first-order valence-corrected chi connectivity index (χ1v) is 32.1. The molecule has 8 rings (SSSR count). The first-order valence-electron chi connectivity index (χ1n) is 32.1. The predicted molar refractivity (Wildman–Crippen MR) is 344 cm³/mol. The maximum Gasteiger partial charge on any atom is 0.159 e. The second kappa shape index (κ2) is 35.6. The number of rotatable bonds is 40. The molecule has 12 heteroatoms. The summed E-state index contributed by atoms with van der Waals surface area (Å²) in [6, 6.07) is 31.8. The zero-order valence-electron chi connectivity index (χ0n) is 51.4. The highest BCUT2D eigenvalue weighted by molar-refractivity contribution is 5.58. The van der Waals surface area contributed by atoms with E-state index in [1.807, 2.05) is 147 Å². The Morgan fingerprint density at radius 1 is 0.247 bits per heavy atom. The summed E-state index contributed by atoms with van der Waals surface area (Å²) in [6.07, 6.45) is 44.4. The lowest BCUT2D eigenvalue weighted by molar-refractivity contribution is -0.00350. The molecule has 0 amide bonds. The van der Waals surface area contributed by atoms with Crippen molar-refractivity contribution in [2.45, 2.75) is 182 Å². The van der Waals surface area contributed by atoms with Gasteiger partial charge < -0.3 is 18.9 Å². The number of aryl methyl sites for hydroxylation is 4. The Kier molecular flexibility index (Phi) is 26.6. The Balaban J connectivity index is 1.01. The lowest BCUT2D eigenvalue weighted by Crippen LogP contribution is -2.45. The van der Waals surface area contributed by atoms with Gasteiger partial charge in [0.15, 0.2) is 23.3 Å². The van der Waals surface area contributed by atoms with Crippen LogP contribution in [0, 0.1) is 5.41 Å². The number of aromatic nitrogens is 8. The van der Waals surface area contributed by atoms with Crippen molar-refractivity contribution in [1.82, 2.24) is 39.9 Å². The highest BCUT2D eigenvalue weighted by Crippen LogP contribution is 2.31. The van der Waals surface area contributed by atoms with Crippen molar-refractivity contribution < 1.29 is 18.9 Å². The van der Waals surface area contributed by atoms with E-state index in [0.29, 0.717) is 46.3 Å². The van der Waals surface area contributed by atoms with E-state index in [0.717, 1.165) is 73.6 Å². The lowest BCUT2D eigenvalue weighted by atomic mass is 9.92. The van der Waals surface area contributed by atoms with Crippen LogP contribution in [-0.2, 0) is 25.7 Å². The van der Waals surface area contributed by atoms with Crippen LogP contribution in [0.25, 0.3) is 45.6 Å². The minimum Gasteiger partial charge on any atom is -0.493 e. The third-order valence-electron chi connectivity index (χ3n) is 15.7. The third-order valence-corrected chi connectivity index (χ3v) is 15.7. The van der Waals surface area contributed by atoms with Gasteiger partial charge in [0.05, 0.1) is 0 Å². The van der Waals surface area contributed by atoms with Gasteiger partial charge in [-0.25, -0.2) is 39.9 Å². The first kappa shape index (κ1) is 63.4. The standard InChI is InChI=1S/C73H92N8O4/c1-5-9-13-17-21-25-57-45-74-69(75-46-57)61-29-37-65(38-30-61)82-53-73(54-83-66-39-31-62(32-40-66)70-76-47-58(48-77-70)26-22-18-14-10-6-2,55-84-67-41-33-63(34-42-67)71-78-49-59(50-79-71)27-23-19-15-11-7-3)56-85-68-43-35-64(36-44-68)72-80-51-60(52-81-72)28-24-20-16-12-8-4/h29-52H,5-28,53-56H2,1-4H3. The van der Waals surface area contributed by atoms with Crippen molar-refractivity contribution in [1.29, 1.82) is 0 Å². The third kappa shape index (κ3) is 21.5. The topological polar surface area (TPSA) is 140 Å². The molecule has 0 unspecified atom stereocenters. The molecule has 448 valence electrons. The molecule has 0 N–H and O–H groups in total. The van der Waals surface area contributed by atoms with Crippen LogP contribution in [-0.4, -0.2) is 66.3 Å². The molecule has 0 radical (unpaired) electrons. The minimum absolute atomic E-state index is 0.195. The fourth-order valence-electron chi connectivity index (χ4n) is 10.3. The average molecular weight is 1150 g/mol. The summed E-state index contributed by atoms with van der Waals surface area (Å²) in [7, 11) is 0. The van der Waals surface area contributed by atoms with Crippen LogP contribution in [0.5, 0.6) is 23.0 Å². The fraction of sp³-hybridized carbons (Fsp3) is 0.452. The van der Waals surface area contributed by atoms with E-state index in [1.54, 1.807) is 0 Å².